The zero-order valence-corrected chi connectivity index (χ0v) is 8.04. The van der Waals surface area contributed by atoms with E-state index in [1.807, 2.05) is 26.8 Å². The Morgan fingerprint density at radius 3 is 2.25 bits per heavy atom. The van der Waals surface area contributed by atoms with Gasteiger partial charge in [-0.15, -0.1) is 0 Å². The van der Waals surface area contributed by atoms with Gasteiger partial charge in [-0.3, -0.25) is 0 Å². The maximum atomic E-state index is 9.15. The largest absolute Gasteiger partial charge is 0.393 e. The second-order valence-electron chi connectivity index (χ2n) is 3.16. The van der Waals surface area contributed by atoms with Crippen molar-refractivity contribution in [2.75, 3.05) is 6.61 Å². The molecule has 1 atom stereocenters. The van der Waals surface area contributed by atoms with Crippen LogP contribution in [0.3, 0.4) is 0 Å². The van der Waals surface area contributed by atoms with Crippen molar-refractivity contribution in [3.05, 3.63) is 23.3 Å². The normalized spacial score (nSPS) is 14.2. The highest BCUT2D eigenvalue weighted by Crippen LogP contribution is 2.03. The smallest absolute Gasteiger partial charge is 0.0978 e. The third-order valence-electron chi connectivity index (χ3n) is 1.66. The number of aliphatic hydroxyl groups is 2. The summed E-state index contributed by atoms with van der Waals surface area (Å²) in [6.07, 6.45) is 4.13. The fourth-order valence-corrected chi connectivity index (χ4v) is 0.761. The van der Waals surface area contributed by atoms with Crippen LogP contribution in [0.5, 0.6) is 0 Å². The SMILES string of the molecule is CC(C)=CC/C=C(\C)[C@@H](O)CO. The fourth-order valence-electron chi connectivity index (χ4n) is 0.761. The molecular formula is C10H18O2. The van der Waals surface area contributed by atoms with Crippen LogP contribution in [0.25, 0.3) is 0 Å². The van der Waals surface area contributed by atoms with Crippen molar-refractivity contribution in [1.29, 1.82) is 0 Å². The van der Waals surface area contributed by atoms with Crippen LogP contribution >= 0.6 is 0 Å². The van der Waals surface area contributed by atoms with E-state index < -0.39 is 6.10 Å². The number of rotatable bonds is 4. The molecule has 0 aromatic rings. The molecule has 0 rings (SSSR count). The van der Waals surface area contributed by atoms with E-state index in [0.717, 1.165) is 12.0 Å². The van der Waals surface area contributed by atoms with E-state index in [9.17, 15) is 0 Å². The maximum absolute atomic E-state index is 9.15. The Hall–Kier alpha value is -0.600. The van der Waals surface area contributed by atoms with Crippen LogP contribution in [0.2, 0.25) is 0 Å². The fraction of sp³-hybridized carbons (Fsp3) is 0.600. The summed E-state index contributed by atoms with van der Waals surface area (Å²) in [6, 6.07) is 0. The highest BCUT2D eigenvalue weighted by molar-refractivity contribution is 5.08. The van der Waals surface area contributed by atoms with Gasteiger partial charge in [-0.05, 0) is 32.8 Å². The lowest BCUT2D eigenvalue weighted by molar-refractivity contribution is 0.122. The van der Waals surface area contributed by atoms with Gasteiger partial charge in [-0.2, -0.15) is 0 Å². The van der Waals surface area contributed by atoms with Gasteiger partial charge in [0.15, 0.2) is 0 Å². The predicted molar refractivity (Wildman–Crippen MR) is 50.9 cm³/mol. The molecule has 0 bridgehead atoms. The van der Waals surface area contributed by atoms with Crippen LogP contribution < -0.4 is 0 Å². The Balaban J connectivity index is 3.92. The molecule has 0 amide bonds. The summed E-state index contributed by atoms with van der Waals surface area (Å²) in [6.45, 7) is 5.69. The van der Waals surface area contributed by atoms with Crippen LogP contribution in [-0.2, 0) is 0 Å². The number of aliphatic hydroxyl groups excluding tert-OH is 2. The molecular weight excluding hydrogens is 152 g/mol. The lowest BCUT2D eigenvalue weighted by Gasteiger charge is -2.06. The molecule has 0 aromatic heterocycles. The van der Waals surface area contributed by atoms with Gasteiger partial charge in [0.25, 0.3) is 0 Å². The van der Waals surface area contributed by atoms with Gasteiger partial charge in [-0.25, -0.2) is 0 Å². The van der Waals surface area contributed by atoms with Gasteiger partial charge in [0.2, 0.25) is 0 Å². The van der Waals surface area contributed by atoms with Crippen molar-refractivity contribution >= 4 is 0 Å². The average Bonchev–Trinajstić information content (AvgIpc) is 2.02. The second kappa shape index (κ2) is 5.98. The molecule has 2 heteroatoms. The Morgan fingerprint density at radius 2 is 1.83 bits per heavy atom. The molecule has 70 valence electrons. The lowest BCUT2D eigenvalue weighted by atomic mass is 10.1. The highest BCUT2D eigenvalue weighted by atomic mass is 16.3. The minimum atomic E-state index is -0.699. The molecule has 0 spiro atoms. The van der Waals surface area contributed by atoms with Crippen molar-refractivity contribution in [1.82, 2.24) is 0 Å². The van der Waals surface area contributed by atoms with Crippen LogP contribution in [0.1, 0.15) is 27.2 Å². The van der Waals surface area contributed by atoms with E-state index in [0.29, 0.717) is 0 Å². The van der Waals surface area contributed by atoms with Crippen LogP contribution in [0.15, 0.2) is 23.3 Å². The van der Waals surface area contributed by atoms with Crippen LogP contribution in [0.4, 0.5) is 0 Å². The summed E-state index contributed by atoms with van der Waals surface area (Å²) in [4.78, 5) is 0. The molecule has 0 aliphatic carbocycles. The van der Waals surface area contributed by atoms with Gasteiger partial charge in [0.05, 0.1) is 12.7 Å². The summed E-state index contributed by atoms with van der Waals surface area (Å²) >= 11 is 0. The Kier molecular flexibility index (Phi) is 5.68. The topological polar surface area (TPSA) is 40.5 Å². The van der Waals surface area contributed by atoms with E-state index in [2.05, 4.69) is 6.08 Å². The first-order chi connectivity index (χ1) is 5.57. The highest BCUT2D eigenvalue weighted by Gasteiger charge is 2.01. The number of hydrogen-bond acceptors (Lipinski definition) is 2. The third-order valence-corrected chi connectivity index (χ3v) is 1.66. The van der Waals surface area contributed by atoms with Gasteiger partial charge in [-0.1, -0.05) is 17.7 Å². The summed E-state index contributed by atoms with van der Waals surface area (Å²) in [5.74, 6) is 0. The predicted octanol–water partition coefficient (Wildman–Crippen LogP) is 1.64. The molecule has 0 fully saturated rings. The molecule has 12 heavy (non-hydrogen) atoms. The van der Waals surface area contributed by atoms with Crippen molar-refractivity contribution in [2.24, 2.45) is 0 Å². The van der Waals surface area contributed by atoms with Crippen molar-refractivity contribution in [3.63, 3.8) is 0 Å². The third kappa shape index (κ3) is 5.10. The molecule has 0 aliphatic heterocycles. The van der Waals surface area contributed by atoms with Gasteiger partial charge < -0.3 is 10.2 Å². The quantitative estimate of drug-likeness (QED) is 0.630. The lowest BCUT2D eigenvalue weighted by Crippen LogP contribution is -2.12. The molecule has 0 aromatic carbocycles. The Morgan fingerprint density at radius 1 is 1.25 bits per heavy atom. The minimum absolute atomic E-state index is 0.197. The van der Waals surface area contributed by atoms with Crippen molar-refractivity contribution in [3.8, 4) is 0 Å². The second-order valence-corrected chi connectivity index (χ2v) is 3.16. The van der Waals surface area contributed by atoms with Crippen molar-refractivity contribution < 1.29 is 10.2 Å². The summed E-state index contributed by atoms with van der Waals surface area (Å²) in [5.41, 5.74) is 2.09. The monoisotopic (exact) mass is 170 g/mol. The number of hydrogen-bond donors (Lipinski definition) is 2. The van der Waals surface area contributed by atoms with E-state index in [4.69, 9.17) is 10.2 Å². The van der Waals surface area contributed by atoms with Gasteiger partial charge in [0, 0.05) is 0 Å². The first-order valence-electron chi connectivity index (χ1n) is 4.17. The average molecular weight is 170 g/mol. The number of allylic oxidation sites excluding steroid dienone is 3. The molecule has 0 heterocycles. The van der Waals surface area contributed by atoms with Crippen molar-refractivity contribution in [2.45, 2.75) is 33.3 Å². The molecule has 2 N–H and O–H groups in total. The molecule has 0 saturated carbocycles. The molecule has 0 aliphatic rings. The van der Waals surface area contributed by atoms with E-state index in [1.165, 1.54) is 5.57 Å². The van der Waals surface area contributed by atoms with E-state index in [1.54, 1.807) is 0 Å². The summed E-state index contributed by atoms with van der Waals surface area (Å²) in [5, 5.41) is 17.8. The molecule has 2 nitrogen and oxygen atoms in total. The zero-order chi connectivity index (χ0) is 9.56. The van der Waals surface area contributed by atoms with Crippen LogP contribution in [0, 0.1) is 0 Å². The Labute approximate surface area is 74.2 Å². The maximum Gasteiger partial charge on any atom is 0.0978 e. The first-order valence-corrected chi connectivity index (χ1v) is 4.17. The first kappa shape index (κ1) is 11.4. The zero-order valence-electron chi connectivity index (χ0n) is 8.04. The van der Waals surface area contributed by atoms with E-state index >= 15 is 0 Å². The summed E-state index contributed by atoms with van der Waals surface area (Å²) in [7, 11) is 0. The Bertz CT molecular complexity index is 176. The summed E-state index contributed by atoms with van der Waals surface area (Å²) < 4.78 is 0. The minimum Gasteiger partial charge on any atom is -0.393 e. The molecule has 0 saturated heterocycles. The molecule has 0 radical (unpaired) electrons. The molecule has 0 unspecified atom stereocenters. The van der Waals surface area contributed by atoms with Crippen LogP contribution in [-0.4, -0.2) is 22.9 Å². The standard InChI is InChI=1S/C10H18O2/c1-8(2)5-4-6-9(3)10(12)7-11/h5-6,10-12H,4,7H2,1-3H3/b9-6+/t10-/m0/s1. The van der Waals surface area contributed by atoms with E-state index in [-0.39, 0.29) is 6.61 Å². The van der Waals surface area contributed by atoms with Gasteiger partial charge >= 0.3 is 0 Å². The van der Waals surface area contributed by atoms with Gasteiger partial charge in [0.1, 0.15) is 0 Å².